The number of aromatic hydroxyl groups is 1. The van der Waals surface area contributed by atoms with E-state index in [0.29, 0.717) is 11.7 Å². The lowest BCUT2D eigenvalue weighted by molar-refractivity contribution is 0.218. The Hall–Kier alpha value is -1.02. The predicted octanol–water partition coefficient (Wildman–Crippen LogP) is 5.25. The van der Waals surface area contributed by atoms with Gasteiger partial charge in [0.05, 0.1) is 0 Å². The maximum Gasteiger partial charge on any atom is 0.119 e. The number of benzene rings is 1. The second kappa shape index (κ2) is 7.47. The van der Waals surface area contributed by atoms with Crippen molar-refractivity contribution in [2.75, 3.05) is 13.1 Å². The molecule has 0 unspecified atom stereocenters. The standard InChI is InChI=1S/C22H33NO/c24-22-11-6-10-18-19-14-16-23(21(19)13-12-20(18)22)15-5-4-9-17-7-2-1-3-8-17/h6,10-11,17,19,21,24H,1-5,7-9,12-16H2/t19-,21+/m1/s1. The molecule has 2 nitrogen and oxygen atoms in total. The molecule has 1 saturated heterocycles. The van der Waals surface area contributed by atoms with Crippen molar-refractivity contribution in [2.45, 2.75) is 82.6 Å². The number of phenols is 1. The van der Waals surface area contributed by atoms with Gasteiger partial charge in [-0.2, -0.15) is 0 Å². The molecule has 0 bridgehead atoms. The Bertz CT molecular complexity index is 549. The normalized spacial score (nSPS) is 27.8. The lowest BCUT2D eigenvalue weighted by atomic mass is 9.79. The Morgan fingerprint density at radius 2 is 1.88 bits per heavy atom. The molecule has 1 aromatic rings. The Morgan fingerprint density at radius 1 is 1.00 bits per heavy atom. The van der Waals surface area contributed by atoms with E-state index in [1.165, 1.54) is 88.4 Å². The average molecular weight is 328 g/mol. The Morgan fingerprint density at radius 3 is 2.75 bits per heavy atom. The molecule has 1 aromatic carbocycles. The van der Waals surface area contributed by atoms with Crippen LogP contribution < -0.4 is 0 Å². The van der Waals surface area contributed by atoms with Gasteiger partial charge in [0.1, 0.15) is 5.75 Å². The van der Waals surface area contributed by atoms with Crippen LogP contribution in [0.15, 0.2) is 18.2 Å². The van der Waals surface area contributed by atoms with E-state index >= 15 is 0 Å². The smallest absolute Gasteiger partial charge is 0.119 e. The quantitative estimate of drug-likeness (QED) is 0.747. The van der Waals surface area contributed by atoms with E-state index in [-0.39, 0.29) is 0 Å². The zero-order valence-corrected chi connectivity index (χ0v) is 15.1. The molecule has 4 rings (SSSR count). The summed E-state index contributed by atoms with van der Waals surface area (Å²) in [7, 11) is 0. The molecule has 2 aliphatic carbocycles. The summed E-state index contributed by atoms with van der Waals surface area (Å²) in [6, 6.07) is 6.88. The van der Waals surface area contributed by atoms with Gasteiger partial charge in [-0.1, -0.05) is 57.1 Å². The summed E-state index contributed by atoms with van der Waals surface area (Å²) < 4.78 is 0. The molecule has 24 heavy (non-hydrogen) atoms. The van der Waals surface area contributed by atoms with Gasteiger partial charge in [-0.05, 0) is 61.9 Å². The van der Waals surface area contributed by atoms with Crippen molar-refractivity contribution < 1.29 is 5.11 Å². The fraction of sp³-hybridized carbons (Fsp3) is 0.727. The number of fused-ring (bicyclic) bond motifs is 3. The number of rotatable bonds is 5. The van der Waals surface area contributed by atoms with Crippen molar-refractivity contribution in [1.29, 1.82) is 0 Å². The highest BCUT2D eigenvalue weighted by Gasteiger charge is 2.38. The molecule has 2 heteroatoms. The van der Waals surface area contributed by atoms with Crippen molar-refractivity contribution in [3.63, 3.8) is 0 Å². The van der Waals surface area contributed by atoms with E-state index in [1.54, 1.807) is 0 Å². The van der Waals surface area contributed by atoms with E-state index in [4.69, 9.17) is 0 Å². The molecule has 0 spiro atoms. The van der Waals surface area contributed by atoms with Gasteiger partial charge >= 0.3 is 0 Å². The van der Waals surface area contributed by atoms with Gasteiger partial charge in [0.15, 0.2) is 0 Å². The topological polar surface area (TPSA) is 23.5 Å². The first-order chi connectivity index (χ1) is 11.8. The van der Waals surface area contributed by atoms with Gasteiger partial charge in [0, 0.05) is 12.0 Å². The van der Waals surface area contributed by atoms with E-state index in [2.05, 4.69) is 11.0 Å². The number of likely N-dealkylation sites (tertiary alicyclic amines) is 1. The maximum atomic E-state index is 10.1. The lowest BCUT2D eigenvalue weighted by Gasteiger charge is -2.33. The van der Waals surface area contributed by atoms with Gasteiger partial charge in [-0.15, -0.1) is 0 Å². The minimum atomic E-state index is 0.525. The number of nitrogens with zero attached hydrogens (tertiary/aromatic N) is 1. The molecule has 0 aromatic heterocycles. The van der Waals surface area contributed by atoms with Gasteiger partial charge in [-0.3, -0.25) is 4.90 Å². The molecule has 2 atom stereocenters. The fourth-order valence-electron chi connectivity index (χ4n) is 5.67. The van der Waals surface area contributed by atoms with Crippen LogP contribution in [-0.2, 0) is 6.42 Å². The first kappa shape index (κ1) is 16.4. The van der Waals surface area contributed by atoms with Crippen LogP contribution in [0, 0.1) is 5.92 Å². The molecular formula is C22H33NO. The Labute approximate surface area is 147 Å². The zero-order valence-electron chi connectivity index (χ0n) is 15.1. The monoisotopic (exact) mass is 327 g/mol. The number of hydrogen-bond donors (Lipinski definition) is 1. The summed E-state index contributed by atoms with van der Waals surface area (Å²) in [6.07, 6.45) is 15.3. The van der Waals surface area contributed by atoms with Gasteiger partial charge in [0.2, 0.25) is 0 Å². The van der Waals surface area contributed by atoms with Crippen molar-refractivity contribution in [1.82, 2.24) is 4.90 Å². The lowest BCUT2D eigenvalue weighted by Crippen LogP contribution is -2.35. The minimum Gasteiger partial charge on any atom is -0.508 e. The van der Waals surface area contributed by atoms with Crippen LogP contribution >= 0.6 is 0 Å². The predicted molar refractivity (Wildman–Crippen MR) is 99.6 cm³/mol. The molecule has 2 fully saturated rings. The molecule has 3 aliphatic rings. The highest BCUT2D eigenvalue weighted by molar-refractivity contribution is 5.44. The van der Waals surface area contributed by atoms with Crippen LogP contribution in [0.4, 0.5) is 0 Å². The highest BCUT2D eigenvalue weighted by Crippen LogP contribution is 2.43. The first-order valence-corrected chi connectivity index (χ1v) is 10.4. The van der Waals surface area contributed by atoms with Crippen molar-refractivity contribution in [2.24, 2.45) is 5.92 Å². The second-order valence-corrected chi connectivity index (χ2v) is 8.38. The van der Waals surface area contributed by atoms with E-state index in [0.717, 1.165) is 18.4 Å². The van der Waals surface area contributed by atoms with Crippen molar-refractivity contribution >= 4 is 0 Å². The van der Waals surface area contributed by atoms with Crippen LogP contribution in [0.5, 0.6) is 5.75 Å². The van der Waals surface area contributed by atoms with E-state index in [9.17, 15) is 5.11 Å². The summed E-state index contributed by atoms with van der Waals surface area (Å²) >= 11 is 0. The maximum absolute atomic E-state index is 10.1. The third-order valence-electron chi connectivity index (χ3n) is 6.97. The Balaban J connectivity index is 1.28. The van der Waals surface area contributed by atoms with Crippen molar-refractivity contribution in [3.8, 4) is 5.75 Å². The second-order valence-electron chi connectivity index (χ2n) is 8.38. The number of unbranched alkanes of at least 4 members (excludes halogenated alkanes) is 1. The molecule has 132 valence electrons. The largest absolute Gasteiger partial charge is 0.508 e. The zero-order chi connectivity index (χ0) is 16.4. The summed E-state index contributed by atoms with van der Waals surface area (Å²) in [6.45, 7) is 2.55. The van der Waals surface area contributed by atoms with Crippen LogP contribution in [-0.4, -0.2) is 29.1 Å². The third-order valence-corrected chi connectivity index (χ3v) is 6.97. The molecular weight excluding hydrogens is 294 g/mol. The van der Waals surface area contributed by atoms with E-state index < -0.39 is 0 Å². The van der Waals surface area contributed by atoms with Gasteiger partial charge in [0.25, 0.3) is 0 Å². The van der Waals surface area contributed by atoms with Gasteiger partial charge in [-0.25, -0.2) is 0 Å². The Kier molecular flexibility index (Phi) is 5.12. The fourth-order valence-corrected chi connectivity index (χ4v) is 5.67. The summed E-state index contributed by atoms with van der Waals surface area (Å²) in [5.41, 5.74) is 2.67. The SMILES string of the molecule is Oc1cccc2c1CC[C@H]1[C@@H]2CCN1CCCCC1CCCCC1. The first-order valence-electron chi connectivity index (χ1n) is 10.4. The minimum absolute atomic E-state index is 0.525. The average Bonchev–Trinajstić information content (AvgIpc) is 3.03. The summed E-state index contributed by atoms with van der Waals surface area (Å²) in [4.78, 5) is 2.76. The molecule has 1 saturated carbocycles. The van der Waals surface area contributed by atoms with Crippen molar-refractivity contribution in [3.05, 3.63) is 29.3 Å². The molecule has 1 heterocycles. The summed E-state index contributed by atoms with van der Waals surface area (Å²) in [5.74, 6) is 2.23. The van der Waals surface area contributed by atoms with E-state index in [1.807, 2.05) is 12.1 Å². The number of hydrogen-bond acceptors (Lipinski definition) is 2. The molecule has 1 aliphatic heterocycles. The third kappa shape index (κ3) is 3.35. The number of phenolic OH excluding ortho intramolecular Hbond substituents is 1. The molecule has 0 radical (unpaired) electrons. The highest BCUT2D eigenvalue weighted by atomic mass is 16.3. The molecule has 1 N–H and O–H groups in total. The van der Waals surface area contributed by atoms with Crippen LogP contribution in [0.2, 0.25) is 0 Å². The molecule has 0 amide bonds. The van der Waals surface area contributed by atoms with Crippen LogP contribution in [0.3, 0.4) is 0 Å². The summed E-state index contributed by atoms with van der Waals surface area (Å²) in [5, 5.41) is 10.1. The van der Waals surface area contributed by atoms with Crippen LogP contribution in [0.1, 0.15) is 81.3 Å². The van der Waals surface area contributed by atoms with Crippen LogP contribution in [0.25, 0.3) is 0 Å². The van der Waals surface area contributed by atoms with Gasteiger partial charge < -0.3 is 5.11 Å².